The molecule has 54 heavy (non-hydrogen) atoms. The molecular weight excluding hydrogens is 657 g/mol. The Bertz CT molecular complexity index is 2630. The molecule has 4 heteroatoms. The number of hydrogen-bond donors (Lipinski definition) is 0. The number of benzene rings is 6. The zero-order chi connectivity index (χ0) is 37.3. The smallest absolute Gasteiger partial charge is 0.160 e. The van der Waals surface area contributed by atoms with Gasteiger partial charge in [-0.25, -0.2) is 9.97 Å². The Morgan fingerprint density at radius 2 is 1.02 bits per heavy atom. The lowest BCUT2D eigenvalue weighted by Gasteiger charge is -2.13. The van der Waals surface area contributed by atoms with E-state index in [1.807, 2.05) is 62.4 Å². The number of allylic oxidation sites excluding steroid dienone is 4. The van der Waals surface area contributed by atoms with Crippen molar-refractivity contribution >= 4 is 32.7 Å². The lowest BCUT2D eigenvalue weighted by Crippen LogP contribution is -1.98. The summed E-state index contributed by atoms with van der Waals surface area (Å²) in [7, 11) is 0. The molecule has 0 radical (unpaired) electrons. The quantitative estimate of drug-likeness (QED) is 0.128. The zero-order valence-electron chi connectivity index (χ0n) is 30.7. The molecule has 0 bridgehead atoms. The minimum atomic E-state index is 0.697. The van der Waals surface area contributed by atoms with Gasteiger partial charge in [-0.3, -0.25) is 0 Å². The minimum Gasteiger partial charge on any atom is -0.316 e. The third kappa shape index (κ3) is 7.19. The predicted octanol–water partition coefficient (Wildman–Crippen LogP) is 13.5. The molecule has 3 aromatic heterocycles. The molecule has 0 fully saturated rings. The molecule has 0 aliphatic rings. The monoisotopic (exact) mass is 698 g/mol. The van der Waals surface area contributed by atoms with Gasteiger partial charge in [-0.2, -0.15) is 0 Å². The van der Waals surface area contributed by atoms with Gasteiger partial charge in [0.2, 0.25) is 0 Å². The molecule has 0 spiro atoms. The van der Waals surface area contributed by atoms with Crippen molar-refractivity contribution in [3.05, 3.63) is 207 Å². The van der Waals surface area contributed by atoms with E-state index in [1.54, 1.807) is 12.2 Å². The standard InChI is InChI=1S/C42H28N4.C4H8.C4H6/c1-4-13-29(14-5-1)37-28-38(30-15-6-2-7-16-30)44-42(43-37)31-17-12-20-33(27-31)46-40-22-11-10-21-34(40)35-23-24-39-36(41(35)46)25-26-45(39)32-18-8-3-9-19-32;2*1-3-4-2/h1-28H;3-4H,1-2H3;3-4H,1-2H2/b;4-3-;. The maximum atomic E-state index is 5.11. The minimum absolute atomic E-state index is 0.697. The summed E-state index contributed by atoms with van der Waals surface area (Å²) in [5.74, 6) is 0.697. The van der Waals surface area contributed by atoms with Crippen LogP contribution in [0.15, 0.2) is 207 Å². The number of fused-ring (bicyclic) bond motifs is 5. The summed E-state index contributed by atoms with van der Waals surface area (Å²) in [6.07, 6.45) is 9.45. The van der Waals surface area contributed by atoms with E-state index in [4.69, 9.17) is 9.97 Å². The van der Waals surface area contributed by atoms with E-state index in [0.717, 1.165) is 39.5 Å². The van der Waals surface area contributed by atoms with Crippen LogP contribution in [0, 0.1) is 0 Å². The summed E-state index contributed by atoms with van der Waals surface area (Å²) in [6, 6.07) is 57.3. The van der Waals surface area contributed by atoms with Crippen molar-refractivity contribution in [1.29, 1.82) is 0 Å². The fraction of sp³-hybridized carbons (Fsp3) is 0.0400. The number of nitrogens with zero attached hydrogens (tertiary/aromatic N) is 4. The fourth-order valence-electron chi connectivity index (χ4n) is 6.63. The van der Waals surface area contributed by atoms with Crippen LogP contribution in [-0.2, 0) is 0 Å². The molecule has 262 valence electrons. The van der Waals surface area contributed by atoms with Gasteiger partial charge in [-0.05, 0) is 62.4 Å². The second kappa shape index (κ2) is 16.5. The Kier molecular flexibility index (Phi) is 10.8. The third-order valence-electron chi connectivity index (χ3n) is 9.26. The Balaban J connectivity index is 0.000000515. The first-order valence-corrected chi connectivity index (χ1v) is 18.1. The van der Waals surface area contributed by atoms with Crippen LogP contribution >= 0.6 is 0 Å². The summed E-state index contributed by atoms with van der Waals surface area (Å²) in [4.78, 5) is 10.2. The van der Waals surface area contributed by atoms with E-state index in [-0.39, 0.29) is 0 Å². The summed E-state index contributed by atoms with van der Waals surface area (Å²) < 4.78 is 4.66. The summed E-state index contributed by atoms with van der Waals surface area (Å²) >= 11 is 0. The lowest BCUT2D eigenvalue weighted by molar-refractivity contribution is 1.13. The molecule has 9 rings (SSSR count). The molecule has 3 heterocycles. The Morgan fingerprint density at radius 3 is 1.63 bits per heavy atom. The van der Waals surface area contributed by atoms with E-state index in [2.05, 4.69) is 156 Å². The van der Waals surface area contributed by atoms with E-state index in [9.17, 15) is 0 Å². The van der Waals surface area contributed by atoms with Crippen LogP contribution in [0.2, 0.25) is 0 Å². The first-order valence-electron chi connectivity index (χ1n) is 18.1. The fourth-order valence-corrected chi connectivity index (χ4v) is 6.63. The van der Waals surface area contributed by atoms with Crippen molar-refractivity contribution in [2.45, 2.75) is 13.8 Å². The largest absolute Gasteiger partial charge is 0.316 e. The molecule has 6 aromatic carbocycles. The zero-order valence-corrected chi connectivity index (χ0v) is 30.7. The average Bonchev–Trinajstić information content (AvgIpc) is 3.84. The van der Waals surface area contributed by atoms with Gasteiger partial charge >= 0.3 is 0 Å². The Hall–Kier alpha value is -7.04. The maximum absolute atomic E-state index is 5.11. The molecule has 0 aliphatic carbocycles. The van der Waals surface area contributed by atoms with Gasteiger partial charge in [-0.1, -0.05) is 153 Å². The summed E-state index contributed by atoms with van der Waals surface area (Å²) in [5, 5.41) is 3.66. The van der Waals surface area contributed by atoms with Gasteiger partial charge in [0.1, 0.15) is 0 Å². The Labute approximate surface area is 317 Å². The molecule has 0 aliphatic heterocycles. The number of para-hydroxylation sites is 2. The number of aromatic nitrogens is 4. The van der Waals surface area contributed by atoms with Gasteiger partial charge in [-0.15, -0.1) is 0 Å². The topological polar surface area (TPSA) is 35.6 Å². The van der Waals surface area contributed by atoms with Crippen molar-refractivity contribution in [2.75, 3.05) is 0 Å². The van der Waals surface area contributed by atoms with Gasteiger partial charge in [0.25, 0.3) is 0 Å². The first kappa shape index (κ1) is 35.4. The third-order valence-corrected chi connectivity index (χ3v) is 9.26. The van der Waals surface area contributed by atoms with Gasteiger partial charge in [0.15, 0.2) is 5.82 Å². The highest BCUT2D eigenvalue weighted by Crippen LogP contribution is 2.38. The van der Waals surface area contributed by atoms with Crippen molar-refractivity contribution in [2.24, 2.45) is 0 Å². The van der Waals surface area contributed by atoms with Crippen LogP contribution in [0.25, 0.3) is 78.0 Å². The van der Waals surface area contributed by atoms with Crippen molar-refractivity contribution < 1.29 is 0 Å². The average molecular weight is 699 g/mol. The van der Waals surface area contributed by atoms with E-state index in [1.165, 1.54) is 32.7 Å². The lowest BCUT2D eigenvalue weighted by atomic mass is 10.1. The van der Waals surface area contributed by atoms with Crippen LogP contribution < -0.4 is 0 Å². The van der Waals surface area contributed by atoms with Crippen molar-refractivity contribution in [3.8, 4) is 45.3 Å². The molecule has 0 atom stereocenters. The molecule has 0 amide bonds. The van der Waals surface area contributed by atoms with Gasteiger partial charge in [0, 0.05) is 50.4 Å². The molecular formula is C50H42N4. The summed E-state index contributed by atoms with van der Waals surface area (Å²) in [5.41, 5.74) is 10.6. The van der Waals surface area contributed by atoms with Gasteiger partial charge in [0.05, 0.1) is 27.9 Å². The highest BCUT2D eigenvalue weighted by molar-refractivity contribution is 6.18. The number of hydrogen-bond acceptors (Lipinski definition) is 2. The predicted molar refractivity (Wildman–Crippen MR) is 230 cm³/mol. The highest BCUT2D eigenvalue weighted by Gasteiger charge is 2.18. The first-order chi connectivity index (χ1) is 26.6. The van der Waals surface area contributed by atoms with Crippen LogP contribution in [0.4, 0.5) is 0 Å². The van der Waals surface area contributed by atoms with Crippen LogP contribution in [0.5, 0.6) is 0 Å². The normalized spacial score (nSPS) is 10.9. The number of rotatable bonds is 6. The van der Waals surface area contributed by atoms with Crippen LogP contribution in [-0.4, -0.2) is 19.1 Å². The second-order valence-electron chi connectivity index (χ2n) is 12.7. The molecule has 0 saturated heterocycles. The Morgan fingerprint density at radius 1 is 0.463 bits per heavy atom. The van der Waals surface area contributed by atoms with Gasteiger partial charge < -0.3 is 9.13 Å². The molecule has 0 saturated carbocycles. The van der Waals surface area contributed by atoms with E-state index in [0.29, 0.717) is 5.82 Å². The van der Waals surface area contributed by atoms with Crippen LogP contribution in [0.3, 0.4) is 0 Å². The highest BCUT2D eigenvalue weighted by atomic mass is 15.0. The van der Waals surface area contributed by atoms with E-state index < -0.39 is 0 Å². The van der Waals surface area contributed by atoms with Crippen molar-refractivity contribution in [1.82, 2.24) is 19.1 Å². The van der Waals surface area contributed by atoms with Crippen LogP contribution in [0.1, 0.15) is 13.8 Å². The molecule has 0 unspecified atom stereocenters. The molecule has 4 nitrogen and oxygen atoms in total. The molecule has 0 N–H and O–H groups in total. The van der Waals surface area contributed by atoms with E-state index >= 15 is 0 Å². The molecule has 9 aromatic rings. The summed E-state index contributed by atoms with van der Waals surface area (Å²) in [6.45, 7) is 10.7. The maximum Gasteiger partial charge on any atom is 0.160 e. The second-order valence-corrected chi connectivity index (χ2v) is 12.7. The SMILES string of the molecule is C/C=C\C.C=CC=C.c1ccc(-c2cc(-c3ccccc3)nc(-c3cccc(-n4c5ccccc5c5ccc6c(ccn6-c6ccccc6)c54)c3)n2)cc1. The van der Waals surface area contributed by atoms with Crippen molar-refractivity contribution in [3.63, 3.8) is 0 Å².